The van der Waals surface area contributed by atoms with Gasteiger partial charge < -0.3 is 9.84 Å². The molecule has 0 spiro atoms. The summed E-state index contributed by atoms with van der Waals surface area (Å²) in [6, 6.07) is 10.6. The SMILES string of the molecule is CCc1cccc(O)c1-c1ccc(OC(F)(F)F)cc1. The number of hydrogen-bond donors (Lipinski definition) is 1. The molecule has 0 bridgehead atoms. The fourth-order valence-corrected chi connectivity index (χ4v) is 2.04. The van der Waals surface area contributed by atoms with Gasteiger partial charge in [-0.1, -0.05) is 31.2 Å². The summed E-state index contributed by atoms with van der Waals surface area (Å²) in [6.45, 7) is 1.94. The van der Waals surface area contributed by atoms with E-state index in [9.17, 15) is 18.3 Å². The molecule has 106 valence electrons. The van der Waals surface area contributed by atoms with Crippen LogP contribution >= 0.6 is 0 Å². The number of hydrogen-bond acceptors (Lipinski definition) is 2. The number of benzene rings is 2. The van der Waals surface area contributed by atoms with E-state index in [2.05, 4.69) is 4.74 Å². The van der Waals surface area contributed by atoms with Crippen LogP contribution in [0.2, 0.25) is 0 Å². The number of alkyl halides is 3. The van der Waals surface area contributed by atoms with Crippen molar-refractivity contribution < 1.29 is 23.0 Å². The lowest BCUT2D eigenvalue weighted by atomic mass is 9.97. The van der Waals surface area contributed by atoms with E-state index < -0.39 is 6.36 Å². The molecule has 2 rings (SSSR count). The summed E-state index contributed by atoms with van der Waals surface area (Å²) < 4.78 is 40.1. The van der Waals surface area contributed by atoms with E-state index >= 15 is 0 Å². The summed E-state index contributed by atoms with van der Waals surface area (Å²) in [6.07, 6.45) is -3.99. The molecule has 0 aliphatic heterocycles. The van der Waals surface area contributed by atoms with E-state index in [0.29, 0.717) is 17.5 Å². The van der Waals surface area contributed by atoms with Crippen LogP contribution in [-0.2, 0) is 6.42 Å². The van der Waals surface area contributed by atoms with Crippen molar-refractivity contribution in [1.29, 1.82) is 0 Å². The summed E-state index contributed by atoms with van der Waals surface area (Å²) in [5.41, 5.74) is 2.21. The Labute approximate surface area is 114 Å². The zero-order valence-corrected chi connectivity index (χ0v) is 10.7. The molecule has 0 aliphatic rings. The molecule has 2 aromatic carbocycles. The van der Waals surface area contributed by atoms with E-state index in [-0.39, 0.29) is 11.5 Å². The first-order valence-corrected chi connectivity index (χ1v) is 6.07. The van der Waals surface area contributed by atoms with Crippen LogP contribution in [0.25, 0.3) is 11.1 Å². The van der Waals surface area contributed by atoms with Gasteiger partial charge in [0.05, 0.1) is 0 Å². The Morgan fingerprint density at radius 3 is 2.25 bits per heavy atom. The highest BCUT2D eigenvalue weighted by Gasteiger charge is 2.31. The molecule has 5 heteroatoms. The van der Waals surface area contributed by atoms with E-state index in [1.165, 1.54) is 24.3 Å². The van der Waals surface area contributed by atoms with Gasteiger partial charge in [-0.15, -0.1) is 13.2 Å². The van der Waals surface area contributed by atoms with Crippen LogP contribution in [0.1, 0.15) is 12.5 Å². The Hall–Kier alpha value is -2.17. The van der Waals surface area contributed by atoms with Crippen LogP contribution in [0, 0.1) is 0 Å². The van der Waals surface area contributed by atoms with Crippen molar-refractivity contribution in [3.05, 3.63) is 48.0 Å². The topological polar surface area (TPSA) is 29.5 Å². The van der Waals surface area contributed by atoms with Crippen molar-refractivity contribution >= 4 is 0 Å². The molecular weight excluding hydrogens is 269 g/mol. The number of halogens is 3. The summed E-state index contributed by atoms with van der Waals surface area (Å²) >= 11 is 0. The maximum atomic E-state index is 12.1. The molecule has 0 aromatic heterocycles. The first kappa shape index (κ1) is 14.2. The third kappa shape index (κ3) is 3.23. The molecule has 1 N–H and O–H groups in total. The molecule has 2 nitrogen and oxygen atoms in total. The third-order valence-corrected chi connectivity index (χ3v) is 2.89. The Morgan fingerprint density at radius 2 is 1.70 bits per heavy atom. The van der Waals surface area contributed by atoms with Crippen LogP contribution in [0.4, 0.5) is 13.2 Å². The van der Waals surface area contributed by atoms with Gasteiger partial charge >= 0.3 is 6.36 Å². The number of phenols is 1. The molecule has 0 fully saturated rings. The third-order valence-electron chi connectivity index (χ3n) is 2.89. The fraction of sp³-hybridized carbons (Fsp3) is 0.200. The van der Waals surface area contributed by atoms with Gasteiger partial charge in [0.25, 0.3) is 0 Å². The normalized spacial score (nSPS) is 11.4. The van der Waals surface area contributed by atoms with Gasteiger partial charge in [-0.25, -0.2) is 0 Å². The highest BCUT2D eigenvalue weighted by atomic mass is 19.4. The maximum Gasteiger partial charge on any atom is 0.573 e. The Morgan fingerprint density at radius 1 is 1.05 bits per heavy atom. The van der Waals surface area contributed by atoms with Gasteiger partial charge in [0.15, 0.2) is 0 Å². The number of aryl methyl sites for hydroxylation is 1. The van der Waals surface area contributed by atoms with E-state index in [4.69, 9.17) is 0 Å². The molecule has 0 aliphatic carbocycles. The van der Waals surface area contributed by atoms with Gasteiger partial charge in [0.1, 0.15) is 11.5 Å². The van der Waals surface area contributed by atoms with Gasteiger partial charge in [0.2, 0.25) is 0 Å². The summed E-state index contributed by atoms with van der Waals surface area (Å²) in [5, 5.41) is 9.92. The van der Waals surface area contributed by atoms with Gasteiger partial charge in [0, 0.05) is 5.56 Å². The smallest absolute Gasteiger partial charge is 0.507 e. The van der Waals surface area contributed by atoms with Crippen LogP contribution in [0.15, 0.2) is 42.5 Å². The highest BCUT2D eigenvalue weighted by Crippen LogP contribution is 2.34. The predicted molar refractivity (Wildman–Crippen MR) is 69.6 cm³/mol. The minimum Gasteiger partial charge on any atom is -0.507 e. The maximum absolute atomic E-state index is 12.1. The molecule has 0 atom stereocenters. The van der Waals surface area contributed by atoms with Crippen molar-refractivity contribution in [3.63, 3.8) is 0 Å². The van der Waals surface area contributed by atoms with Gasteiger partial charge in [-0.2, -0.15) is 0 Å². The van der Waals surface area contributed by atoms with Crippen LogP contribution in [0.5, 0.6) is 11.5 Å². The van der Waals surface area contributed by atoms with Crippen molar-refractivity contribution in [2.24, 2.45) is 0 Å². The van der Waals surface area contributed by atoms with Crippen molar-refractivity contribution in [2.45, 2.75) is 19.7 Å². The minimum absolute atomic E-state index is 0.105. The summed E-state index contributed by atoms with van der Waals surface area (Å²) in [4.78, 5) is 0. The second kappa shape index (κ2) is 5.45. The average molecular weight is 282 g/mol. The summed E-state index contributed by atoms with van der Waals surface area (Å²) in [7, 11) is 0. The number of rotatable bonds is 3. The first-order chi connectivity index (χ1) is 9.40. The van der Waals surface area contributed by atoms with Crippen LogP contribution in [-0.4, -0.2) is 11.5 Å². The monoisotopic (exact) mass is 282 g/mol. The van der Waals surface area contributed by atoms with Crippen molar-refractivity contribution in [1.82, 2.24) is 0 Å². The van der Waals surface area contributed by atoms with Crippen LogP contribution in [0.3, 0.4) is 0 Å². The number of aromatic hydroxyl groups is 1. The minimum atomic E-state index is -4.70. The molecule has 0 radical (unpaired) electrons. The largest absolute Gasteiger partial charge is 0.573 e. The number of ether oxygens (including phenoxy) is 1. The van der Waals surface area contributed by atoms with Crippen molar-refractivity contribution in [3.8, 4) is 22.6 Å². The number of phenolic OH excluding ortho intramolecular Hbond substituents is 1. The van der Waals surface area contributed by atoms with Gasteiger partial charge in [-0.05, 0) is 35.7 Å². The Balaban J connectivity index is 2.36. The molecule has 2 aromatic rings. The average Bonchev–Trinajstić information content (AvgIpc) is 2.38. The molecule has 0 saturated carbocycles. The van der Waals surface area contributed by atoms with Crippen molar-refractivity contribution in [2.75, 3.05) is 0 Å². The zero-order valence-electron chi connectivity index (χ0n) is 10.7. The molecule has 0 amide bonds. The van der Waals surface area contributed by atoms with Gasteiger partial charge in [-0.3, -0.25) is 0 Å². The second-order valence-corrected chi connectivity index (χ2v) is 4.24. The lowest BCUT2D eigenvalue weighted by Gasteiger charge is -2.12. The Bertz CT molecular complexity index is 589. The fourth-order valence-electron chi connectivity index (χ4n) is 2.04. The molecule has 0 saturated heterocycles. The lowest BCUT2D eigenvalue weighted by molar-refractivity contribution is -0.274. The second-order valence-electron chi connectivity index (χ2n) is 4.24. The quantitative estimate of drug-likeness (QED) is 0.896. The van der Waals surface area contributed by atoms with Crippen LogP contribution < -0.4 is 4.74 Å². The molecule has 20 heavy (non-hydrogen) atoms. The first-order valence-electron chi connectivity index (χ1n) is 6.07. The highest BCUT2D eigenvalue weighted by molar-refractivity contribution is 5.74. The Kier molecular flexibility index (Phi) is 3.88. The van der Waals surface area contributed by atoms with E-state index in [1.54, 1.807) is 12.1 Å². The van der Waals surface area contributed by atoms with E-state index in [1.807, 2.05) is 13.0 Å². The van der Waals surface area contributed by atoms with E-state index in [0.717, 1.165) is 5.56 Å². The summed E-state index contributed by atoms with van der Waals surface area (Å²) in [5.74, 6) is -0.177. The molecular formula is C15H13F3O2. The zero-order chi connectivity index (χ0) is 14.8. The molecule has 0 heterocycles. The standard InChI is InChI=1S/C15H13F3O2/c1-2-10-4-3-5-13(19)14(10)11-6-8-12(9-7-11)20-15(16,17)18/h3-9,19H,2H2,1H3. The molecule has 0 unspecified atom stereocenters. The predicted octanol–water partition coefficient (Wildman–Crippen LogP) is 4.52. The lowest BCUT2D eigenvalue weighted by Crippen LogP contribution is -2.16.